The maximum atomic E-state index is 3.62. The second kappa shape index (κ2) is 14.9. The minimum atomic E-state index is 0.534. The van der Waals surface area contributed by atoms with Crippen LogP contribution in [0.2, 0.25) is 0 Å². The Morgan fingerprint density at radius 3 is 2.10 bits per heavy atom. The molecular weight excluding hydrogens is 384 g/mol. The lowest BCUT2D eigenvalue weighted by molar-refractivity contribution is 0.645. The minimum absolute atomic E-state index is 0.534. The lowest BCUT2D eigenvalue weighted by atomic mass is 9.88. The summed E-state index contributed by atoms with van der Waals surface area (Å²) in [5, 5.41) is 3.57. The zero-order valence-corrected chi connectivity index (χ0v) is 21.6. The SMILES string of the molecule is C/C=C\C(=C/C)CCCNCCNSc1c(C(C)C)cc(C(C)CC)cc1C(C)C. The largest absolute Gasteiger partial charge is 0.315 e. The third kappa shape index (κ3) is 8.99. The van der Waals surface area contributed by atoms with Crippen molar-refractivity contribution in [2.75, 3.05) is 19.6 Å². The van der Waals surface area contributed by atoms with Crippen LogP contribution in [0, 0.1) is 0 Å². The summed E-state index contributed by atoms with van der Waals surface area (Å²) in [6, 6.07) is 4.91. The molecule has 0 aliphatic rings. The number of nitrogens with one attached hydrogen (secondary N) is 2. The van der Waals surface area contributed by atoms with Crippen LogP contribution in [0.4, 0.5) is 0 Å². The van der Waals surface area contributed by atoms with E-state index in [1.165, 1.54) is 40.0 Å². The first-order valence-corrected chi connectivity index (χ1v) is 12.7. The molecule has 2 nitrogen and oxygen atoms in total. The van der Waals surface area contributed by atoms with Crippen molar-refractivity contribution in [3.8, 4) is 0 Å². The van der Waals surface area contributed by atoms with Gasteiger partial charge in [0.15, 0.2) is 0 Å². The molecule has 0 aliphatic heterocycles. The lowest BCUT2D eigenvalue weighted by Crippen LogP contribution is -2.25. The van der Waals surface area contributed by atoms with Gasteiger partial charge in [0.05, 0.1) is 0 Å². The molecule has 0 amide bonds. The summed E-state index contributed by atoms with van der Waals surface area (Å²) in [5.41, 5.74) is 5.90. The molecule has 0 aromatic heterocycles. The summed E-state index contributed by atoms with van der Waals surface area (Å²) in [5.74, 6) is 1.69. The van der Waals surface area contributed by atoms with E-state index >= 15 is 0 Å². The smallest absolute Gasteiger partial charge is 0.0297 e. The van der Waals surface area contributed by atoms with Crippen molar-refractivity contribution >= 4 is 11.9 Å². The first-order chi connectivity index (χ1) is 14.3. The van der Waals surface area contributed by atoms with Crippen molar-refractivity contribution < 1.29 is 0 Å². The highest BCUT2D eigenvalue weighted by molar-refractivity contribution is 7.97. The molecule has 0 aliphatic carbocycles. The molecular formula is C27H46N2S. The Hall–Kier alpha value is -1.03. The fourth-order valence-corrected chi connectivity index (χ4v) is 4.71. The molecule has 1 rings (SSSR count). The van der Waals surface area contributed by atoms with Gasteiger partial charge in [0.2, 0.25) is 0 Å². The van der Waals surface area contributed by atoms with Gasteiger partial charge in [-0.05, 0) is 86.0 Å². The Morgan fingerprint density at radius 2 is 1.60 bits per heavy atom. The van der Waals surface area contributed by atoms with E-state index in [9.17, 15) is 0 Å². The van der Waals surface area contributed by atoms with Crippen LogP contribution in [0.1, 0.15) is 109 Å². The van der Waals surface area contributed by atoms with Gasteiger partial charge < -0.3 is 5.32 Å². The first kappa shape index (κ1) is 27.0. The fraction of sp³-hybridized carbons (Fsp3) is 0.630. The Balaban J connectivity index is 2.62. The van der Waals surface area contributed by atoms with Gasteiger partial charge in [-0.3, -0.25) is 4.72 Å². The van der Waals surface area contributed by atoms with Gasteiger partial charge in [-0.1, -0.05) is 77.5 Å². The third-order valence-electron chi connectivity index (χ3n) is 5.74. The van der Waals surface area contributed by atoms with Gasteiger partial charge in [0.25, 0.3) is 0 Å². The second-order valence-electron chi connectivity index (χ2n) is 8.86. The summed E-state index contributed by atoms with van der Waals surface area (Å²) in [4.78, 5) is 1.44. The lowest BCUT2D eigenvalue weighted by Gasteiger charge is -2.23. The highest BCUT2D eigenvalue weighted by atomic mass is 32.2. The Kier molecular flexibility index (Phi) is 13.4. The van der Waals surface area contributed by atoms with Gasteiger partial charge in [-0.2, -0.15) is 0 Å². The molecule has 1 atom stereocenters. The molecule has 2 N–H and O–H groups in total. The zero-order valence-electron chi connectivity index (χ0n) is 20.8. The second-order valence-corrected chi connectivity index (χ2v) is 9.76. The van der Waals surface area contributed by atoms with Crippen LogP contribution in [0.3, 0.4) is 0 Å². The van der Waals surface area contributed by atoms with Crippen molar-refractivity contribution in [1.29, 1.82) is 0 Å². The highest BCUT2D eigenvalue weighted by Crippen LogP contribution is 2.37. The van der Waals surface area contributed by atoms with Crippen LogP contribution in [0.5, 0.6) is 0 Å². The van der Waals surface area contributed by atoms with Gasteiger partial charge in [-0.15, -0.1) is 0 Å². The number of hydrogen-bond acceptors (Lipinski definition) is 3. The number of benzene rings is 1. The van der Waals surface area contributed by atoms with Crippen LogP contribution < -0.4 is 10.0 Å². The van der Waals surface area contributed by atoms with Crippen LogP contribution in [0.25, 0.3) is 0 Å². The van der Waals surface area contributed by atoms with Gasteiger partial charge in [0.1, 0.15) is 0 Å². The van der Waals surface area contributed by atoms with E-state index in [4.69, 9.17) is 0 Å². The normalized spacial score (nSPS) is 13.7. The maximum Gasteiger partial charge on any atom is 0.0297 e. The Bertz CT molecular complexity index is 644. The third-order valence-corrected chi connectivity index (χ3v) is 6.77. The fourth-order valence-electron chi connectivity index (χ4n) is 3.54. The molecule has 0 heterocycles. The summed E-state index contributed by atoms with van der Waals surface area (Å²) in [6.07, 6.45) is 10.1. The van der Waals surface area contributed by atoms with Gasteiger partial charge in [0, 0.05) is 18.0 Å². The topological polar surface area (TPSA) is 24.1 Å². The Morgan fingerprint density at radius 1 is 0.967 bits per heavy atom. The maximum absolute atomic E-state index is 3.62. The molecule has 0 saturated carbocycles. The summed E-state index contributed by atoms with van der Waals surface area (Å²) >= 11 is 1.83. The Labute approximate surface area is 191 Å². The summed E-state index contributed by atoms with van der Waals surface area (Å²) < 4.78 is 3.62. The minimum Gasteiger partial charge on any atom is -0.315 e. The van der Waals surface area contributed by atoms with Crippen LogP contribution in [0.15, 0.2) is 40.8 Å². The monoisotopic (exact) mass is 430 g/mol. The molecule has 1 aromatic rings. The number of allylic oxidation sites excluding steroid dienone is 4. The number of rotatable bonds is 14. The predicted octanol–water partition coefficient (Wildman–Crippen LogP) is 7.94. The van der Waals surface area contributed by atoms with Crippen LogP contribution >= 0.6 is 11.9 Å². The molecule has 0 fully saturated rings. The van der Waals surface area contributed by atoms with E-state index in [1.807, 2.05) is 11.9 Å². The van der Waals surface area contributed by atoms with E-state index in [0.29, 0.717) is 17.8 Å². The molecule has 3 heteroatoms. The molecule has 30 heavy (non-hydrogen) atoms. The van der Waals surface area contributed by atoms with E-state index in [2.05, 4.69) is 95.8 Å². The van der Waals surface area contributed by atoms with Crippen LogP contribution in [-0.4, -0.2) is 19.6 Å². The van der Waals surface area contributed by atoms with Crippen molar-refractivity contribution in [1.82, 2.24) is 10.0 Å². The molecule has 1 aromatic carbocycles. The van der Waals surface area contributed by atoms with E-state index in [-0.39, 0.29) is 0 Å². The standard InChI is InChI=1S/C27H46N2S/c1-9-13-23(11-3)14-12-15-28-16-17-29-30-27-25(20(4)5)18-24(22(8)10-2)19-26(27)21(6)7/h9,11,13,18-22,28-29H,10,12,14-17H2,1-8H3/b13-9-,23-11+. The molecule has 0 spiro atoms. The van der Waals surface area contributed by atoms with Crippen LogP contribution in [-0.2, 0) is 0 Å². The molecule has 0 radical (unpaired) electrons. The first-order valence-electron chi connectivity index (χ1n) is 11.9. The highest BCUT2D eigenvalue weighted by Gasteiger charge is 2.18. The van der Waals surface area contributed by atoms with Crippen molar-refractivity contribution in [3.63, 3.8) is 0 Å². The van der Waals surface area contributed by atoms with Crippen molar-refractivity contribution in [2.24, 2.45) is 0 Å². The summed E-state index contributed by atoms with van der Waals surface area (Å²) in [6.45, 7) is 21.1. The average Bonchev–Trinajstić information content (AvgIpc) is 2.73. The van der Waals surface area contributed by atoms with Crippen molar-refractivity contribution in [3.05, 3.63) is 52.6 Å². The molecule has 0 saturated heterocycles. The van der Waals surface area contributed by atoms with E-state index in [1.54, 1.807) is 0 Å². The van der Waals surface area contributed by atoms with E-state index in [0.717, 1.165) is 26.1 Å². The molecule has 170 valence electrons. The number of hydrogen-bond donors (Lipinski definition) is 2. The molecule has 1 unspecified atom stereocenters. The summed E-state index contributed by atoms with van der Waals surface area (Å²) in [7, 11) is 0. The van der Waals surface area contributed by atoms with Crippen molar-refractivity contribution in [2.45, 2.75) is 97.3 Å². The zero-order chi connectivity index (χ0) is 22.5. The predicted molar refractivity (Wildman–Crippen MR) is 138 cm³/mol. The van der Waals surface area contributed by atoms with Gasteiger partial charge in [-0.25, -0.2) is 0 Å². The van der Waals surface area contributed by atoms with E-state index < -0.39 is 0 Å². The van der Waals surface area contributed by atoms with Gasteiger partial charge >= 0.3 is 0 Å². The quantitative estimate of drug-likeness (QED) is 0.178. The molecule has 0 bridgehead atoms. The average molecular weight is 431 g/mol.